The van der Waals surface area contributed by atoms with Crippen LogP contribution in [0.2, 0.25) is 0 Å². The average Bonchev–Trinajstić information content (AvgIpc) is 3.00. The van der Waals surface area contributed by atoms with E-state index in [0.717, 1.165) is 11.4 Å². The van der Waals surface area contributed by atoms with E-state index in [1.54, 1.807) is 6.07 Å². The molecule has 5 nitrogen and oxygen atoms in total. The summed E-state index contributed by atoms with van der Waals surface area (Å²) in [5.41, 5.74) is 8.18. The van der Waals surface area contributed by atoms with Crippen molar-refractivity contribution < 1.29 is 4.79 Å². The predicted octanol–water partition coefficient (Wildman–Crippen LogP) is 2.70. The van der Waals surface area contributed by atoms with Gasteiger partial charge in [-0.15, -0.1) is 11.3 Å². The van der Waals surface area contributed by atoms with Gasteiger partial charge in [-0.1, -0.05) is 5.11 Å². The average molecular weight is 236 g/mol. The van der Waals surface area contributed by atoms with Crippen LogP contribution < -0.4 is 5.32 Å². The minimum atomic E-state index is -0.0240. The number of carbonyl (C=O) groups excluding carboxylic acids is 1. The van der Waals surface area contributed by atoms with Crippen molar-refractivity contribution in [3.63, 3.8) is 0 Å². The molecule has 16 heavy (non-hydrogen) atoms. The van der Waals surface area contributed by atoms with Crippen LogP contribution >= 0.6 is 11.3 Å². The van der Waals surface area contributed by atoms with E-state index in [-0.39, 0.29) is 5.91 Å². The summed E-state index contributed by atoms with van der Waals surface area (Å²) in [5, 5.41) is 6.36. The first-order chi connectivity index (χ1) is 7.79. The second kappa shape index (κ2) is 5.01. The van der Waals surface area contributed by atoms with Crippen LogP contribution in [0.1, 0.15) is 27.4 Å². The second-order valence-electron chi connectivity index (χ2n) is 3.81. The van der Waals surface area contributed by atoms with Crippen LogP contribution in [0.3, 0.4) is 0 Å². The van der Waals surface area contributed by atoms with Crippen molar-refractivity contribution >= 4 is 17.2 Å². The fourth-order valence-corrected chi connectivity index (χ4v) is 2.17. The molecule has 0 unspecified atom stereocenters. The third-order valence-electron chi connectivity index (χ3n) is 2.42. The van der Waals surface area contributed by atoms with Gasteiger partial charge in [0.25, 0.3) is 5.91 Å². The molecule has 84 valence electrons. The number of hydrogen-bond acceptors (Lipinski definition) is 3. The molecule has 0 atom stereocenters. The number of rotatable bonds is 5. The van der Waals surface area contributed by atoms with Gasteiger partial charge in [-0.2, -0.15) is 0 Å². The molecule has 0 aromatic carbocycles. The summed E-state index contributed by atoms with van der Waals surface area (Å²) in [6.07, 6.45) is 2.46. The lowest BCUT2D eigenvalue weighted by Crippen LogP contribution is -2.24. The summed E-state index contributed by atoms with van der Waals surface area (Å²) >= 11 is 1.38. The van der Waals surface area contributed by atoms with Crippen LogP contribution in [0.4, 0.5) is 0 Å². The molecule has 1 aromatic rings. The summed E-state index contributed by atoms with van der Waals surface area (Å²) in [7, 11) is 0. The maximum Gasteiger partial charge on any atom is 0.261 e. The van der Waals surface area contributed by atoms with E-state index in [2.05, 4.69) is 15.3 Å². The number of thiophene rings is 1. The zero-order valence-corrected chi connectivity index (χ0v) is 9.54. The van der Waals surface area contributed by atoms with Gasteiger partial charge in [0.15, 0.2) is 0 Å². The predicted molar refractivity (Wildman–Crippen MR) is 62.2 cm³/mol. The Morgan fingerprint density at radius 1 is 1.62 bits per heavy atom. The van der Waals surface area contributed by atoms with E-state index in [4.69, 9.17) is 5.53 Å². The van der Waals surface area contributed by atoms with E-state index in [0.29, 0.717) is 17.3 Å². The quantitative estimate of drug-likeness (QED) is 0.476. The fourth-order valence-electron chi connectivity index (χ4n) is 1.33. The van der Waals surface area contributed by atoms with Crippen molar-refractivity contribution in [1.29, 1.82) is 0 Å². The van der Waals surface area contributed by atoms with Crippen molar-refractivity contribution in [1.82, 2.24) is 5.32 Å². The summed E-state index contributed by atoms with van der Waals surface area (Å²) < 4.78 is 0. The van der Waals surface area contributed by atoms with E-state index in [9.17, 15) is 4.79 Å². The fraction of sp³-hybridized carbons (Fsp3) is 0.500. The molecular weight excluding hydrogens is 224 g/mol. The molecule has 1 aromatic heterocycles. The van der Waals surface area contributed by atoms with Gasteiger partial charge in [-0.3, -0.25) is 4.79 Å². The molecule has 1 saturated carbocycles. The van der Waals surface area contributed by atoms with E-state index >= 15 is 0 Å². The highest BCUT2D eigenvalue weighted by Gasteiger charge is 2.22. The van der Waals surface area contributed by atoms with E-state index in [1.165, 1.54) is 24.2 Å². The largest absolute Gasteiger partial charge is 0.351 e. The Morgan fingerprint density at radius 2 is 2.44 bits per heavy atom. The zero-order chi connectivity index (χ0) is 11.4. The maximum atomic E-state index is 11.7. The van der Waals surface area contributed by atoms with Gasteiger partial charge in [0.05, 0.1) is 11.4 Å². The molecule has 1 heterocycles. The minimum absolute atomic E-state index is 0.0240. The molecule has 0 bridgehead atoms. The van der Waals surface area contributed by atoms with Crippen molar-refractivity contribution in [3.05, 3.63) is 32.3 Å². The molecular formula is C10H12N4OS. The Balaban J connectivity index is 1.88. The number of amides is 1. The molecule has 1 aliphatic carbocycles. The zero-order valence-electron chi connectivity index (χ0n) is 8.72. The van der Waals surface area contributed by atoms with E-state index < -0.39 is 0 Å². The molecule has 0 spiro atoms. The van der Waals surface area contributed by atoms with Crippen molar-refractivity contribution in [2.75, 3.05) is 6.54 Å². The van der Waals surface area contributed by atoms with Gasteiger partial charge in [0.2, 0.25) is 0 Å². The van der Waals surface area contributed by atoms with Crippen molar-refractivity contribution in [2.24, 2.45) is 11.0 Å². The van der Waals surface area contributed by atoms with Crippen LogP contribution in [-0.4, -0.2) is 12.5 Å². The lowest BCUT2D eigenvalue weighted by Gasteiger charge is -2.00. The first-order valence-electron chi connectivity index (χ1n) is 5.17. The highest BCUT2D eigenvalue weighted by atomic mass is 32.1. The van der Waals surface area contributed by atoms with Crippen LogP contribution in [0, 0.1) is 5.92 Å². The Bertz CT molecular complexity index is 432. The van der Waals surface area contributed by atoms with Gasteiger partial charge in [-0.25, -0.2) is 0 Å². The lowest BCUT2D eigenvalue weighted by atomic mass is 10.4. The second-order valence-corrected chi connectivity index (χ2v) is 4.98. The maximum absolute atomic E-state index is 11.7. The van der Waals surface area contributed by atoms with Gasteiger partial charge in [0.1, 0.15) is 0 Å². The first kappa shape index (κ1) is 11.0. The Kier molecular flexibility index (Phi) is 3.44. The molecule has 1 N–H and O–H groups in total. The third kappa shape index (κ3) is 2.98. The highest BCUT2D eigenvalue weighted by molar-refractivity contribution is 7.14. The SMILES string of the molecule is [N-]=[N+]=NCc1ccc(C(=O)NCC2CC2)s1. The molecule has 2 rings (SSSR count). The van der Waals surface area contributed by atoms with Gasteiger partial charge in [-0.05, 0) is 36.4 Å². The molecule has 1 fully saturated rings. The van der Waals surface area contributed by atoms with Gasteiger partial charge < -0.3 is 5.32 Å². The summed E-state index contributed by atoms with van der Waals surface area (Å²) in [6, 6.07) is 3.60. The highest BCUT2D eigenvalue weighted by Crippen LogP contribution is 2.27. The first-order valence-corrected chi connectivity index (χ1v) is 5.99. The molecule has 0 aliphatic heterocycles. The standard InChI is InChI=1S/C10H12N4OS/c11-14-13-6-8-3-4-9(16-8)10(15)12-5-7-1-2-7/h3-4,7H,1-2,5-6H2,(H,12,15). The minimum Gasteiger partial charge on any atom is -0.351 e. The normalized spacial score (nSPS) is 14.2. The molecule has 1 aliphatic rings. The van der Waals surface area contributed by atoms with Crippen LogP contribution in [0.15, 0.2) is 17.2 Å². The van der Waals surface area contributed by atoms with Crippen LogP contribution in [0.5, 0.6) is 0 Å². The Labute approximate surface area is 97.1 Å². The van der Waals surface area contributed by atoms with Gasteiger partial charge in [0, 0.05) is 16.3 Å². The van der Waals surface area contributed by atoms with Crippen molar-refractivity contribution in [2.45, 2.75) is 19.4 Å². The molecule has 0 radical (unpaired) electrons. The molecule has 0 saturated heterocycles. The smallest absolute Gasteiger partial charge is 0.261 e. The number of azide groups is 1. The Morgan fingerprint density at radius 3 is 3.12 bits per heavy atom. The number of hydrogen-bond donors (Lipinski definition) is 1. The summed E-state index contributed by atoms with van der Waals surface area (Å²) in [6.45, 7) is 1.10. The third-order valence-corrected chi connectivity index (χ3v) is 3.49. The molecule has 6 heteroatoms. The summed E-state index contributed by atoms with van der Waals surface area (Å²) in [4.78, 5) is 15.9. The number of carbonyl (C=O) groups is 1. The number of nitrogens with zero attached hydrogens (tertiary/aromatic N) is 3. The summed E-state index contributed by atoms with van der Waals surface area (Å²) in [5.74, 6) is 0.663. The topological polar surface area (TPSA) is 77.9 Å². The van der Waals surface area contributed by atoms with Crippen LogP contribution in [-0.2, 0) is 6.54 Å². The van der Waals surface area contributed by atoms with Crippen LogP contribution in [0.25, 0.3) is 10.4 Å². The lowest BCUT2D eigenvalue weighted by molar-refractivity contribution is 0.0956. The number of nitrogens with one attached hydrogen (secondary N) is 1. The Hall–Kier alpha value is -1.52. The van der Waals surface area contributed by atoms with Gasteiger partial charge >= 0.3 is 0 Å². The monoisotopic (exact) mass is 236 g/mol. The molecule has 1 amide bonds. The van der Waals surface area contributed by atoms with Crippen molar-refractivity contribution in [3.8, 4) is 0 Å². The van der Waals surface area contributed by atoms with E-state index in [1.807, 2.05) is 6.07 Å².